The zero-order valence-electron chi connectivity index (χ0n) is 16.4. The first kappa shape index (κ1) is 20.3. The van der Waals surface area contributed by atoms with Crippen molar-refractivity contribution >= 4 is 21.8 Å². The molecule has 1 aliphatic rings. The molecule has 1 saturated heterocycles. The number of rotatable bonds is 6. The number of sulfone groups is 1. The highest BCUT2D eigenvalue weighted by atomic mass is 32.2. The predicted octanol–water partition coefficient (Wildman–Crippen LogP) is 4.04. The van der Waals surface area contributed by atoms with Crippen LogP contribution in [0.5, 0.6) is 0 Å². The first-order valence-corrected chi connectivity index (χ1v) is 11.5. The minimum Gasteiger partial charge on any atom is -0.331 e. The number of nitrogens with zero attached hydrogens (tertiary/aromatic N) is 1. The zero-order chi connectivity index (χ0) is 20.1. The van der Waals surface area contributed by atoms with Gasteiger partial charge in [0, 0.05) is 18.7 Å². The third-order valence-corrected chi connectivity index (χ3v) is 6.90. The second kappa shape index (κ2) is 8.74. The molecular formula is C23H27NO3S. The van der Waals surface area contributed by atoms with Crippen LogP contribution in [-0.2, 0) is 21.2 Å². The molecule has 0 aliphatic carbocycles. The average Bonchev–Trinajstić information content (AvgIpc) is 3.05. The van der Waals surface area contributed by atoms with Crippen molar-refractivity contribution in [2.24, 2.45) is 0 Å². The van der Waals surface area contributed by atoms with Crippen LogP contribution in [0.3, 0.4) is 0 Å². The summed E-state index contributed by atoms with van der Waals surface area (Å²) in [4.78, 5) is 14.6. The smallest absolute Gasteiger partial charge is 0.247 e. The first-order valence-electron chi connectivity index (χ1n) is 9.67. The minimum atomic E-state index is -3.07. The van der Waals surface area contributed by atoms with Crippen molar-refractivity contribution in [3.8, 4) is 0 Å². The molecule has 5 heteroatoms. The van der Waals surface area contributed by atoms with E-state index in [9.17, 15) is 13.2 Å². The van der Waals surface area contributed by atoms with Crippen LogP contribution in [0.2, 0.25) is 0 Å². The standard InChI is InChI=1S/C23H27NO3S/c1-18(2)21-11-8-20(9-12-21)16-24(22-14-15-28(26,27)17-22)23(25)13-10-19-6-4-3-5-7-19/h3-13,18,22H,14-17H2,1-2H3. The van der Waals surface area contributed by atoms with Gasteiger partial charge in [0.2, 0.25) is 5.91 Å². The summed E-state index contributed by atoms with van der Waals surface area (Å²) in [6.45, 7) is 4.70. The van der Waals surface area contributed by atoms with E-state index >= 15 is 0 Å². The minimum absolute atomic E-state index is 0.0436. The van der Waals surface area contributed by atoms with Gasteiger partial charge >= 0.3 is 0 Å². The molecule has 0 radical (unpaired) electrons. The Balaban J connectivity index is 1.80. The second-order valence-electron chi connectivity index (χ2n) is 7.66. The largest absolute Gasteiger partial charge is 0.331 e. The van der Waals surface area contributed by atoms with Crippen molar-refractivity contribution in [3.05, 3.63) is 77.4 Å². The molecule has 28 heavy (non-hydrogen) atoms. The van der Waals surface area contributed by atoms with Crippen molar-refractivity contribution in [2.45, 2.75) is 38.8 Å². The van der Waals surface area contributed by atoms with Gasteiger partial charge in [0.25, 0.3) is 0 Å². The van der Waals surface area contributed by atoms with Gasteiger partial charge in [-0.15, -0.1) is 0 Å². The summed E-state index contributed by atoms with van der Waals surface area (Å²) in [7, 11) is -3.07. The number of carbonyl (C=O) groups is 1. The highest BCUT2D eigenvalue weighted by Gasteiger charge is 2.34. The van der Waals surface area contributed by atoms with Gasteiger partial charge in [-0.3, -0.25) is 4.79 Å². The summed E-state index contributed by atoms with van der Waals surface area (Å²) in [6, 6.07) is 17.6. The molecule has 2 aromatic carbocycles. The topological polar surface area (TPSA) is 54.5 Å². The van der Waals surface area contributed by atoms with Gasteiger partial charge < -0.3 is 4.90 Å². The Morgan fingerprint density at radius 2 is 1.79 bits per heavy atom. The van der Waals surface area contributed by atoms with Crippen LogP contribution in [0.1, 0.15) is 42.9 Å². The van der Waals surface area contributed by atoms with E-state index in [1.54, 1.807) is 17.1 Å². The number of amides is 1. The Morgan fingerprint density at radius 1 is 1.11 bits per heavy atom. The van der Waals surface area contributed by atoms with Crippen LogP contribution in [0, 0.1) is 0 Å². The van der Waals surface area contributed by atoms with Crippen LogP contribution in [0.15, 0.2) is 60.7 Å². The lowest BCUT2D eigenvalue weighted by Gasteiger charge is -2.27. The molecule has 0 N–H and O–H groups in total. The van der Waals surface area contributed by atoms with E-state index in [4.69, 9.17) is 0 Å². The van der Waals surface area contributed by atoms with Crippen LogP contribution in [0.4, 0.5) is 0 Å². The average molecular weight is 398 g/mol. The van der Waals surface area contributed by atoms with Gasteiger partial charge in [0.15, 0.2) is 9.84 Å². The van der Waals surface area contributed by atoms with Crippen LogP contribution in [-0.4, -0.2) is 36.8 Å². The summed E-state index contributed by atoms with van der Waals surface area (Å²) in [6.07, 6.45) is 3.82. The Morgan fingerprint density at radius 3 is 2.36 bits per heavy atom. The van der Waals surface area contributed by atoms with Gasteiger partial charge in [0.1, 0.15) is 0 Å². The van der Waals surface area contributed by atoms with E-state index in [-0.39, 0.29) is 23.5 Å². The van der Waals surface area contributed by atoms with Crippen LogP contribution in [0.25, 0.3) is 6.08 Å². The lowest BCUT2D eigenvalue weighted by Crippen LogP contribution is -2.39. The van der Waals surface area contributed by atoms with Gasteiger partial charge in [-0.05, 0) is 35.1 Å². The van der Waals surface area contributed by atoms with Gasteiger partial charge in [-0.2, -0.15) is 0 Å². The maximum absolute atomic E-state index is 12.9. The van der Waals surface area contributed by atoms with E-state index in [1.165, 1.54) is 5.56 Å². The number of carbonyl (C=O) groups excluding carboxylic acids is 1. The zero-order valence-corrected chi connectivity index (χ0v) is 17.2. The quantitative estimate of drug-likeness (QED) is 0.691. The van der Waals surface area contributed by atoms with Crippen molar-refractivity contribution in [3.63, 3.8) is 0 Å². The molecule has 0 saturated carbocycles. The third kappa shape index (κ3) is 5.32. The molecule has 4 nitrogen and oxygen atoms in total. The van der Waals surface area contributed by atoms with Crippen molar-refractivity contribution in [1.29, 1.82) is 0 Å². The lowest BCUT2D eigenvalue weighted by molar-refractivity contribution is -0.128. The van der Waals surface area contributed by atoms with Gasteiger partial charge in [-0.1, -0.05) is 68.4 Å². The molecule has 1 amide bonds. The van der Waals surface area contributed by atoms with E-state index in [0.717, 1.165) is 11.1 Å². The monoisotopic (exact) mass is 397 g/mol. The van der Waals surface area contributed by atoms with E-state index in [0.29, 0.717) is 18.9 Å². The molecule has 0 spiro atoms. The van der Waals surface area contributed by atoms with Crippen molar-refractivity contribution < 1.29 is 13.2 Å². The number of benzene rings is 2. The fourth-order valence-corrected chi connectivity index (χ4v) is 5.17. The molecule has 1 atom stereocenters. The molecule has 3 rings (SSSR count). The fraction of sp³-hybridized carbons (Fsp3) is 0.348. The summed E-state index contributed by atoms with van der Waals surface area (Å²) in [5.41, 5.74) is 3.19. The Labute approximate surface area is 167 Å². The molecule has 1 unspecified atom stereocenters. The molecule has 2 aromatic rings. The van der Waals surface area contributed by atoms with Crippen molar-refractivity contribution in [1.82, 2.24) is 4.90 Å². The van der Waals surface area contributed by atoms with Crippen molar-refractivity contribution in [2.75, 3.05) is 11.5 Å². The normalized spacial score (nSPS) is 18.6. The summed E-state index contributed by atoms with van der Waals surface area (Å²) in [5.74, 6) is 0.484. The second-order valence-corrected chi connectivity index (χ2v) is 9.89. The molecule has 0 aromatic heterocycles. The fourth-order valence-electron chi connectivity index (χ4n) is 3.44. The SMILES string of the molecule is CC(C)c1ccc(CN(C(=O)C=Cc2ccccc2)C2CCS(=O)(=O)C2)cc1. The van der Waals surface area contributed by atoms with E-state index in [2.05, 4.69) is 26.0 Å². The number of hydrogen-bond donors (Lipinski definition) is 0. The molecule has 1 heterocycles. The first-order chi connectivity index (χ1) is 13.3. The predicted molar refractivity (Wildman–Crippen MR) is 114 cm³/mol. The molecule has 1 aliphatic heterocycles. The maximum Gasteiger partial charge on any atom is 0.247 e. The molecule has 1 fully saturated rings. The van der Waals surface area contributed by atoms with E-state index in [1.807, 2.05) is 42.5 Å². The van der Waals surface area contributed by atoms with Crippen LogP contribution < -0.4 is 0 Å². The highest BCUT2D eigenvalue weighted by molar-refractivity contribution is 7.91. The number of hydrogen-bond acceptors (Lipinski definition) is 3. The highest BCUT2D eigenvalue weighted by Crippen LogP contribution is 2.22. The Hall–Kier alpha value is -2.40. The molecular weight excluding hydrogens is 370 g/mol. The van der Waals surface area contributed by atoms with E-state index < -0.39 is 9.84 Å². The van der Waals surface area contributed by atoms with Crippen LogP contribution >= 0.6 is 0 Å². The molecule has 148 valence electrons. The Kier molecular flexibility index (Phi) is 6.35. The Bertz CT molecular complexity index is 932. The molecule has 0 bridgehead atoms. The lowest BCUT2D eigenvalue weighted by atomic mass is 10.0. The summed E-state index contributed by atoms with van der Waals surface area (Å²) < 4.78 is 23.9. The summed E-state index contributed by atoms with van der Waals surface area (Å²) >= 11 is 0. The third-order valence-electron chi connectivity index (χ3n) is 5.15. The van der Waals surface area contributed by atoms with Gasteiger partial charge in [-0.25, -0.2) is 8.42 Å². The summed E-state index contributed by atoms with van der Waals surface area (Å²) in [5, 5.41) is 0. The maximum atomic E-state index is 12.9. The van der Waals surface area contributed by atoms with Gasteiger partial charge in [0.05, 0.1) is 11.5 Å².